The Labute approximate surface area is 94.6 Å². The number of rotatable bonds is 4. The average Bonchev–Trinajstić information content (AvgIpc) is 2.37. The van der Waals surface area contributed by atoms with Gasteiger partial charge in [0.15, 0.2) is 0 Å². The minimum Gasteiger partial charge on any atom is -0.329 e. The Morgan fingerprint density at radius 1 is 1.40 bits per heavy atom. The number of hydrogen-bond donors (Lipinski definition) is 1. The zero-order valence-corrected chi connectivity index (χ0v) is 10.6. The van der Waals surface area contributed by atoms with Crippen LogP contribution in [-0.2, 0) is 0 Å². The molecule has 0 bridgehead atoms. The molecule has 0 saturated carbocycles. The van der Waals surface area contributed by atoms with Crippen LogP contribution in [-0.4, -0.2) is 55.1 Å². The van der Waals surface area contributed by atoms with Crippen molar-refractivity contribution in [2.24, 2.45) is 5.73 Å². The Morgan fingerprint density at radius 3 is 2.73 bits per heavy atom. The van der Waals surface area contributed by atoms with Crippen molar-refractivity contribution in [1.29, 1.82) is 0 Å². The van der Waals surface area contributed by atoms with Crippen LogP contribution in [0.3, 0.4) is 0 Å². The normalized spacial score (nSPS) is 30.4. The fourth-order valence-electron chi connectivity index (χ4n) is 2.44. The lowest BCUT2D eigenvalue weighted by Gasteiger charge is -2.34. The molecule has 1 rings (SSSR count). The third kappa shape index (κ3) is 3.74. The fourth-order valence-corrected chi connectivity index (χ4v) is 2.44. The summed E-state index contributed by atoms with van der Waals surface area (Å²) in [6.45, 7) is 8.94. The molecule has 1 saturated heterocycles. The van der Waals surface area contributed by atoms with Gasteiger partial charge in [-0.15, -0.1) is 0 Å². The van der Waals surface area contributed by atoms with Crippen LogP contribution >= 0.6 is 0 Å². The fraction of sp³-hybridized carbons (Fsp3) is 1.00. The van der Waals surface area contributed by atoms with Gasteiger partial charge < -0.3 is 10.6 Å². The second-order valence-corrected chi connectivity index (χ2v) is 4.88. The number of hydrogen-bond acceptors (Lipinski definition) is 3. The average molecular weight is 213 g/mol. The zero-order chi connectivity index (χ0) is 11.3. The molecule has 0 aliphatic carbocycles. The van der Waals surface area contributed by atoms with Gasteiger partial charge >= 0.3 is 0 Å². The lowest BCUT2D eigenvalue weighted by Crippen LogP contribution is -2.48. The standard InChI is InChI=1S/C12H27N3/c1-4-5-7-15-11(2)6-8-14(3)10-12(15)9-13/h11-12H,4-10,13H2,1-3H3. The molecule has 1 fully saturated rings. The summed E-state index contributed by atoms with van der Waals surface area (Å²) in [5.74, 6) is 0. The van der Waals surface area contributed by atoms with Gasteiger partial charge in [-0.05, 0) is 39.9 Å². The molecule has 0 aromatic rings. The molecule has 0 spiro atoms. The largest absolute Gasteiger partial charge is 0.329 e. The van der Waals surface area contributed by atoms with Crippen molar-refractivity contribution >= 4 is 0 Å². The summed E-state index contributed by atoms with van der Waals surface area (Å²) in [6.07, 6.45) is 3.84. The van der Waals surface area contributed by atoms with E-state index in [1.165, 1.54) is 32.4 Å². The Balaban J connectivity index is 2.58. The summed E-state index contributed by atoms with van der Waals surface area (Å²) < 4.78 is 0. The van der Waals surface area contributed by atoms with Crippen LogP contribution in [0.25, 0.3) is 0 Å². The first-order valence-electron chi connectivity index (χ1n) is 6.33. The number of nitrogens with two attached hydrogens (primary N) is 1. The van der Waals surface area contributed by atoms with Gasteiger partial charge in [0.1, 0.15) is 0 Å². The summed E-state index contributed by atoms with van der Waals surface area (Å²) in [5.41, 5.74) is 5.89. The first-order chi connectivity index (χ1) is 7.19. The smallest absolute Gasteiger partial charge is 0.0348 e. The van der Waals surface area contributed by atoms with E-state index in [0.717, 1.165) is 13.1 Å². The van der Waals surface area contributed by atoms with Gasteiger partial charge in [-0.25, -0.2) is 0 Å². The van der Waals surface area contributed by atoms with E-state index in [2.05, 4.69) is 30.7 Å². The highest BCUT2D eigenvalue weighted by molar-refractivity contribution is 4.83. The number of likely N-dealkylation sites (N-methyl/N-ethyl adjacent to an activating group) is 1. The van der Waals surface area contributed by atoms with E-state index in [-0.39, 0.29) is 0 Å². The van der Waals surface area contributed by atoms with E-state index in [4.69, 9.17) is 5.73 Å². The molecule has 1 heterocycles. The first kappa shape index (κ1) is 12.9. The van der Waals surface area contributed by atoms with Crippen molar-refractivity contribution in [1.82, 2.24) is 9.80 Å². The predicted molar refractivity (Wildman–Crippen MR) is 66.0 cm³/mol. The Hall–Kier alpha value is -0.120. The van der Waals surface area contributed by atoms with Crippen LogP contribution in [0.4, 0.5) is 0 Å². The van der Waals surface area contributed by atoms with Crippen LogP contribution in [0, 0.1) is 0 Å². The molecule has 3 nitrogen and oxygen atoms in total. The molecule has 0 aromatic carbocycles. The molecule has 2 atom stereocenters. The summed E-state index contributed by atoms with van der Waals surface area (Å²) in [6, 6.07) is 1.24. The van der Waals surface area contributed by atoms with Gasteiger partial charge in [-0.2, -0.15) is 0 Å². The highest BCUT2D eigenvalue weighted by Gasteiger charge is 2.26. The van der Waals surface area contributed by atoms with Crippen LogP contribution in [0.2, 0.25) is 0 Å². The zero-order valence-electron chi connectivity index (χ0n) is 10.6. The van der Waals surface area contributed by atoms with E-state index >= 15 is 0 Å². The van der Waals surface area contributed by atoms with Gasteiger partial charge in [0.2, 0.25) is 0 Å². The monoisotopic (exact) mass is 213 g/mol. The summed E-state index contributed by atoms with van der Waals surface area (Å²) in [4.78, 5) is 5.03. The van der Waals surface area contributed by atoms with Crippen LogP contribution in [0.5, 0.6) is 0 Å². The van der Waals surface area contributed by atoms with Gasteiger partial charge in [0, 0.05) is 25.2 Å². The van der Waals surface area contributed by atoms with Crippen molar-refractivity contribution in [3.8, 4) is 0 Å². The SMILES string of the molecule is CCCCN1C(C)CCN(C)CC1CN. The number of unbranched alkanes of at least 4 members (excludes halogenated alkanes) is 1. The molecule has 15 heavy (non-hydrogen) atoms. The quantitative estimate of drug-likeness (QED) is 0.760. The summed E-state index contributed by atoms with van der Waals surface area (Å²) in [7, 11) is 2.21. The van der Waals surface area contributed by atoms with E-state index in [1.54, 1.807) is 0 Å². The van der Waals surface area contributed by atoms with Crippen LogP contribution < -0.4 is 5.73 Å². The van der Waals surface area contributed by atoms with Crippen molar-refractivity contribution in [2.45, 2.75) is 45.2 Å². The maximum atomic E-state index is 5.89. The van der Waals surface area contributed by atoms with E-state index in [9.17, 15) is 0 Å². The molecular formula is C12H27N3. The van der Waals surface area contributed by atoms with E-state index in [1.807, 2.05) is 0 Å². The minimum absolute atomic E-state index is 0.555. The summed E-state index contributed by atoms with van der Waals surface area (Å²) in [5, 5.41) is 0. The Kier molecular flexibility index (Phi) is 5.58. The van der Waals surface area contributed by atoms with Crippen molar-refractivity contribution < 1.29 is 0 Å². The summed E-state index contributed by atoms with van der Waals surface area (Å²) >= 11 is 0. The molecule has 90 valence electrons. The highest BCUT2D eigenvalue weighted by atomic mass is 15.3. The number of nitrogens with zero attached hydrogens (tertiary/aromatic N) is 2. The predicted octanol–water partition coefficient (Wildman–Crippen LogP) is 1.14. The van der Waals surface area contributed by atoms with Crippen molar-refractivity contribution in [3.63, 3.8) is 0 Å². The highest BCUT2D eigenvalue weighted by Crippen LogP contribution is 2.15. The van der Waals surface area contributed by atoms with Crippen LogP contribution in [0.15, 0.2) is 0 Å². The third-order valence-corrected chi connectivity index (χ3v) is 3.53. The Morgan fingerprint density at radius 2 is 2.13 bits per heavy atom. The third-order valence-electron chi connectivity index (χ3n) is 3.53. The first-order valence-corrected chi connectivity index (χ1v) is 6.33. The molecule has 1 aliphatic rings. The maximum Gasteiger partial charge on any atom is 0.0348 e. The molecule has 0 aromatic heterocycles. The Bertz CT molecular complexity index is 172. The van der Waals surface area contributed by atoms with Crippen LogP contribution in [0.1, 0.15) is 33.1 Å². The molecule has 2 N–H and O–H groups in total. The lowest BCUT2D eigenvalue weighted by molar-refractivity contribution is 0.146. The second kappa shape index (κ2) is 6.46. The molecule has 1 aliphatic heterocycles. The van der Waals surface area contributed by atoms with Crippen molar-refractivity contribution in [2.75, 3.05) is 33.2 Å². The van der Waals surface area contributed by atoms with Gasteiger partial charge in [-0.3, -0.25) is 4.90 Å². The maximum absolute atomic E-state index is 5.89. The molecular weight excluding hydrogens is 186 g/mol. The van der Waals surface area contributed by atoms with E-state index < -0.39 is 0 Å². The topological polar surface area (TPSA) is 32.5 Å². The van der Waals surface area contributed by atoms with Gasteiger partial charge in [0.25, 0.3) is 0 Å². The molecule has 2 unspecified atom stereocenters. The molecule has 3 heteroatoms. The van der Waals surface area contributed by atoms with Gasteiger partial charge in [-0.1, -0.05) is 13.3 Å². The minimum atomic E-state index is 0.555. The van der Waals surface area contributed by atoms with E-state index in [0.29, 0.717) is 12.1 Å². The molecule has 0 amide bonds. The second-order valence-electron chi connectivity index (χ2n) is 4.88. The van der Waals surface area contributed by atoms with Gasteiger partial charge in [0.05, 0.1) is 0 Å². The lowest BCUT2D eigenvalue weighted by atomic mass is 10.1. The van der Waals surface area contributed by atoms with Crippen molar-refractivity contribution in [3.05, 3.63) is 0 Å². The molecule has 0 radical (unpaired) electrons.